The Bertz CT molecular complexity index is 1300. The fourth-order valence-corrected chi connectivity index (χ4v) is 4.82. The van der Waals surface area contributed by atoms with Gasteiger partial charge in [-0.2, -0.15) is 0 Å². The largest absolute Gasteiger partial charge is 0.494 e. The summed E-state index contributed by atoms with van der Waals surface area (Å²) in [7, 11) is 0.323. The van der Waals surface area contributed by atoms with Crippen molar-refractivity contribution >= 4 is 21.9 Å². The number of nitrogens with zero attached hydrogens (tertiary/aromatic N) is 5. The van der Waals surface area contributed by atoms with E-state index in [-0.39, 0.29) is 11.8 Å². The van der Waals surface area contributed by atoms with Gasteiger partial charge in [0.1, 0.15) is 28.6 Å². The number of carbonyl (C=O) groups is 1. The van der Waals surface area contributed by atoms with E-state index in [2.05, 4.69) is 19.9 Å². The summed E-state index contributed by atoms with van der Waals surface area (Å²) in [5.74, 6) is -0.0379. The van der Waals surface area contributed by atoms with E-state index in [4.69, 9.17) is 14.2 Å². The summed E-state index contributed by atoms with van der Waals surface area (Å²) in [6.07, 6.45) is 1.72. The number of carbonyl (C=O) groups excluding carboxylic acids is 1. The Hall–Kier alpha value is -3.87. The molecule has 13 heteroatoms. The number of hydrogen-bond acceptors (Lipinski definition) is 9. The number of pyridine rings is 1. The van der Waals surface area contributed by atoms with Gasteiger partial charge in [0.15, 0.2) is 5.82 Å². The zero-order valence-corrected chi connectivity index (χ0v) is 20.4. The molecular weight excluding hydrogens is 476 g/mol. The number of hydrogen-bond donors (Lipinski definition) is 1. The average Bonchev–Trinajstić information content (AvgIpc) is 3.53. The van der Waals surface area contributed by atoms with Gasteiger partial charge < -0.3 is 19.1 Å². The number of methoxy groups -OCH3 is 3. The highest BCUT2D eigenvalue weighted by Gasteiger charge is 2.28. The standard InChI is InChI=1S/C22H26N6O6S/c1-32-16-9-7-10-17(33-2)20(16)28-21(15-8-6-11-18(23-15)34-3)24-25-22(28)26-35(30,31)14-19(29)27-12-4-5-13-27/h6-11H,4-5,12-14H2,1-3H3,(H,25,26). The van der Waals surface area contributed by atoms with Crippen LogP contribution in [0.15, 0.2) is 36.4 Å². The molecule has 1 N–H and O–H groups in total. The van der Waals surface area contributed by atoms with E-state index in [1.807, 2.05) is 0 Å². The average molecular weight is 503 g/mol. The monoisotopic (exact) mass is 502 g/mol. The Labute approximate surface area is 202 Å². The highest BCUT2D eigenvalue weighted by Crippen LogP contribution is 2.37. The highest BCUT2D eigenvalue weighted by molar-refractivity contribution is 7.93. The van der Waals surface area contributed by atoms with Crippen LogP contribution in [0.2, 0.25) is 0 Å². The third-order valence-corrected chi connectivity index (χ3v) is 6.59. The fourth-order valence-electron chi connectivity index (χ4n) is 3.83. The Morgan fingerprint density at radius 3 is 2.26 bits per heavy atom. The van der Waals surface area contributed by atoms with Crippen molar-refractivity contribution < 1.29 is 27.4 Å². The molecule has 12 nitrogen and oxygen atoms in total. The van der Waals surface area contributed by atoms with Gasteiger partial charge in [-0.25, -0.2) is 13.4 Å². The molecule has 1 saturated heterocycles. The Kier molecular flexibility index (Phi) is 7.05. The summed E-state index contributed by atoms with van der Waals surface area (Å²) in [6.45, 7) is 1.10. The molecule has 0 unspecified atom stereocenters. The van der Waals surface area contributed by atoms with Crippen LogP contribution >= 0.6 is 0 Å². The van der Waals surface area contributed by atoms with Crippen LogP contribution in [-0.2, 0) is 14.8 Å². The lowest BCUT2D eigenvalue weighted by molar-refractivity contribution is -0.127. The first kappa shape index (κ1) is 24.3. The van der Waals surface area contributed by atoms with E-state index in [1.54, 1.807) is 41.3 Å². The third kappa shape index (κ3) is 5.14. The molecule has 1 aliphatic rings. The number of benzene rings is 1. The van der Waals surface area contributed by atoms with Crippen molar-refractivity contribution in [2.24, 2.45) is 0 Å². The summed E-state index contributed by atoms with van der Waals surface area (Å²) in [4.78, 5) is 18.4. The number of sulfonamides is 1. The number of nitrogens with one attached hydrogen (secondary N) is 1. The number of rotatable bonds is 9. The third-order valence-electron chi connectivity index (χ3n) is 5.47. The van der Waals surface area contributed by atoms with E-state index in [1.165, 1.54) is 25.9 Å². The molecule has 186 valence electrons. The second-order valence-corrected chi connectivity index (χ2v) is 9.43. The molecular formula is C22H26N6O6S. The van der Waals surface area contributed by atoms with Crippen LogP contribution in [0.25, 0.3) is 17.2 Å². The van der Waals surface area contributed by atoms with E-state index >= 15 is 0 Å². The summed E-state index contributed by atoms with van der Waals surface area (Å²) in [5.41, 5.74) is 0.717. The quantitative estimate of drug-likeness (QED) is 0.463. The van der Waals surface area contributed by atoms with Gasteiger partial charge in [0, 0.05) is 19.2 Å². The van der Waals surface area contributed by atoms with E-state index < -0.39 is 21.7 Å². The van der Waals surface area contributed by atoms with Gasteiger partial charge in [0.2, 0.25) is 27.8 Å². The number of amides is 1. The zero-order chi connectivity index (χ0) is 25.0. The van der Waals surface area contributed by atoms with Crippen LogP contribution in [0.3, 0.4) is 0 Å². The molecule has 1 aromatic carbocycles. The number of likely N-dealkylation sites (tertiary alicyclic amines) is 1. The summed E-state index contributed by atoms with van der Waals surface area (Å²) in [6, 6.07) is 10.2. The van der Waals surface area contributed by atoms with Gasteiger partial charge in [0.25, 0.3) is 0 Å². The summed E-state index contributed by atoms with van der Waals surface area (Å²) in [5, 5.41) is 8.26. The van der Waals surface area contributed by atoms with Crippen molar-refractivity contribution in [2.45, 2.75) is 12.8 Å². The molecule has 35 heavy (non-hydrogen) atoms. The molecule has 4 rings (SSSR count). The Morgan fingerprint density at radius 2 is 1.63 bits per heavy atom. The molecule has 1 fully saturated rings. The van der Waals surface area contributed by atoms with Crippen molar-refractivity contribution in [3.63, 3.8) is 0 Å². The molecule has 3 heterocycles. The molecule has 3 aromatic rings. The van der Waals surface area contributed by atoms with Crippen LogP contribution in [0.5, 0.6) is 17.4 Å². The molecule has 1 amide bonds. The number of anilines is 1. The van der Waals surface area contributed by atoms with Gasteiger partial charge in [-0.1, -0.05) is 12.1 Å². The lowest BCUT2D eigenvalue weighted by atomic mass is 10.2. The molecule has 1 aliphatic heterocycles. The molecule has 0 bridgehead atoms. The molecule has 0 spiro atoms. The minimum Gasteiger partial charge on any atom is -0.494 e. The van der Waals surface area contributed by atoms with Crippen LogP contribution in [0.1, 0.15) is 12.8 Å². The number of aromatic nitrogens is 4. The van der Waals surface area contributed by atoms with E-state index in [9.17, 15) is 13.2 Å². The molecule has 0 saturated carbocycles. The Morgan fingerprint density at radius 1 is 0.971 bits per heavy atom. The predicted molar refractivity (Wildman–Crippen MR) is 127 cm³/mol. The van der Waals surface area contributed by atoms with Gasteiger partial charge >= 0.3 is 0 Å². The summed E-state index contributed by atoms with van der Waals surface area (Å²) >= 11 is 0. The zero-order valence-electron chi connectivity index (χ0n) is 19.6. The first-order valence-electron chi connectivity index (χ1n) is 10.8. The van der Waals surface area contributed by atoms with Gasteiger partial charge in [0.05, 0.1) is 21.3 Å². The first-order chi connectivity index (χ1) is 16.9. The van der Waals surface area contributed by atoms with Crippen LogP contribution < -0.4 is 18.9 Å². The normalized spacial score (nSPS) is 13.5. The minimum atomic E-state index is -4.11. The van der Waals surface area contributed by atoms with Crippen LogP contribution in [0, 0.1) is 0 Å². The van der Waals surface area contributed by atoms with Crippen molar-refractivity contribution in [3.05, 3.63) is 36.4 Å². The lowest BCUT2D eigenvalue weighted by Crippen LogP contribution is -2.35. The maximum absolute atomic E-state index is 13.0. The number of ether oxygens (including phenoxy) is 3. The molecule has 0 atom stereocenters. The SMILES string of the molecule is COc1cccc(-c2nnc(NS(=O)(=O)CC(=O)N3CCCC3)n2-c2c(OC)cccc2OC)n1. The van der Waals surface area contributed by atoms with Crippen LogP contribution in [0.4, 0.5) is 5.95 Å². The molecule has 0 aliphatic carbocycles. The lowest BCUT2D eigenvalue weighted by Gasteiger charge is -2.18. The van der Waals surface area contributed by atoms with Crippen molar-refractivity contribution in [3.8, 4) is 34.6 Å². The topological polar surface area (TPSA) is 138 Å². The number of para-hydroxylation sites is 1. The van der Waals surface area contributed by atoms with E-state index in [0.717, 1.165) is 12.8 Å². The second kappa shape index (κ2) is 10.2. The summed E-state index contributed by atoms with van der Waals surface area (Å²) < 4.78 is 46.0. The second-order valence-electron chi connectivity index (χ2n) is 7.71. The van der Waals surface area contributed by atoms with Crippen molar-refractivity contribution in [2.75, 3.05) is 44.9 Å². The first-order valence-corrected chi connectivity index (χ1v) is 12.5. The minimum absolute atomic E-state index is 0.151. The maximum Gasteiger partial charge on any atom is 0.244 e. The van der Waals surface area contributed by atoms with Gasteiger partial charge in [-0.3, -0.25) is 14.1 Å². The maximum atomic E-state index is 13.0. The fraction of sp³-hybridized carbons (Fsp3) is 0.364. The molecule has 2 aromatic heterocycles. The van der Waals surface area contributed by atoms with Gasteiger partial charge in [-0.05, 0) is 31.0 Å². The predicted octanol–water partition coefficient (Wildman–Crippen LogP) is 1.72. The smallest absolute Gasteiger partial charge is 0.244 e. The van der Waals surface area contributed by atoms with Crippen molar-refractivity contribution in [1.29, 1.82) is 0 Å². The highest BCUT2D eigenvalue weighted by atomic mass is 32.2. The van der Waals surface area contributed by atoms with Gasteiger partial charge in [-0.15, -0.1) is 10.2 Å². The van der Waals surface area contributed by atoms with Crippen molar-refractivity contribution in [1.82, 2.24) is 24.6 Å². The van der Waals surface area contributed by atoms with Crippen LogP contribution in [-0.4, -0.2) is 79.1 Å². The van der Waals surface area contributed by atoms with E-state index in [0.29, 0.717) is 41.8 Å². The Balaban J connectivity index is 1.82. The molecule has 0 radical (unpaired) electrons.